The van der Waals surface area contributed by atoms with Crippen molar-refractivity contribution in [1.29, 1.82) is 0 Å². The highest BCUT2D eigenvalue weighted by molar-refractivity contribution is 6.63. The zero-order chi connectivity index (χ0) is 19.9. The van der Waals surface area contributed by atoms with E-state index < -0.39 is 24.7 Å². The highest BCUT2D eigenvalue weighted by atomic mass is 16.6. The molecule has 2 aromatic rings. The van der Waals surface area contributed by atoms with E-state index in [1.807, 2.05) is 30.3 Å². The fourth-order valence-corrected chi connectivity index (χ4v) is 3.11. The Balaban J connectivity index is 1.58. The van der Waals surface area contributed by atoms with Crippen LogP contribution in [0.2, 0.25) is 0 Å². The van der Waals surface area contributed by atoms with Crippen LogP contribution >= 0.6 is 0 Å². The number of nitrogens with zero attached hydrogens (tertiary/aromatic N) is 1. The van der Waals surface area contributed by atoms with E-state index in [1.165, 1.54) is 7.11 Å². The maximum atomic E-state index is 10.8. The van der Waals surface area contributed by atoms with Gasteiger partial charge in [0.15, 0.2) is 11.5 Å². The van der Waals surface area contributed by atoms with E-state index in [0.717, 1.165) is 5.56 Å². The Morgan fingerprint density at radius 1 is 1.21 bits per heavy atom. The first-order chi connectivity index (χ1) is 13.6. The number of methoxy groups -OCH3 is 1. The first-order valence-electron chi connectivity index (χ1n) is 9.00. The standard InChI is InChI=1S/C19H22BNO7/c1-25-16-9-8-15-17(12-21(23)24)28-20(22)18(15)19(16)27-11-5-10-26-13-14-6-3-2-4-7-14/h2-4,6-9,17,22H,5,10-13H2,1H3. The largest absolute Gasteiger partial charge is 0.496 e. The average Bonchev–Trinajstić information content (AvgIpc) is 3.00. The topological polar surface area (TPSA) is 100 Å². The molecule has 9 heteroatoms. The van der Waals surface area contributed by atoms with Crippen LogP contribution < -0.4 is 14.9 Å². The lowest BCUT2D eigenvalue weighted by molar-refractivity contribution is -0.490. The van der Waals surface area contributed by atoms with E-state index in [0.29, 0.717) is 48.8 Å². The predicted octanol–water partition coefficient (Wildman–Crippen LogP) is 1.72. The summed E-state index contributed by atoms with van der Waals surface area (Å²) < 4.78 is 22.1. The highest BCUT2D eigenvalue weighted by Gasteiger charge is 2.41. The number of ether oxygens (including phenoxy) is 3. The summed E-state index contributed by atoms with van der Waals surface area (Å²) in [6, 6.07) is 13.2. The Morgan fingerprint density at radius 3 is 2.71 bits per heavy atom. The van der Waals surface area contributed by atoms with Crippen LogP contribution in [0.25, 0.3) is 0 Å². The van der Waals surface area contributed by atoms with Gasteiger partial charge in [0.1, 0.15) is 6.10 Å². The first-order valence-corrected chi connectivity index (χ1v) is 9.00. The van der Waals surface area contributed by atoms with Crippen LogP contribution in [0, 0.1) is 10.1 Å². The Hall–Kier alpha value is -2.62. The molecule has 0 saturated carbocycles. The third-order valence-electron chi connectivity index (χ3n) is 4.41. The van der Waals surface area contributed by atoms with Gasteiger partial charge < -0.3 is 23.9 Å². The van der Waals surface area contributed by atoms with Crippen molar-refractivity contribution in [3.63, 3.8) is 0 Å². The molecular formula is C19H22BNO7. The van der Waals surface area contributed by atoms with Crippen LogP contribution in [-0.4, -0.2) is 43.9 Å². The molecule has 0 radical (unpaired) electrons. The number of benzene rings is 2. The van der Waals surface area contributed by atoms with Crippen LogP contribution in [0.1, 0.15) is 23.7 Å². The molecule has 1 atom stereocenters. The third kappa shape index (κ3) is 4.80. The third-order valence-corrected chi connectivity index (χ3v) is 4.41. The number of rotatable bonds is 10. The summed E-state index contributed by atoms with van der Waals surface area (Å²) in [6.45, 7) is 0.951. The van der Waals surface area contributed by atoms with Gasteiger partial charge in [0.25, 0.3) is 0 Å². The SMILES string of the molecule is COc1ccc2c(c1OCCCOCc1ccccc1)B(O)OC2C[N+](=O)[O-]. The monoisotopic (exact) mass is 387 g/mol. The lowest BCUT2D eigenvalue weighted by atomic mass is 9.78. The minimum absolute atomic E-state index is 0.341. The Labute approximate surface area is 163 Å². The minimum atomic E-state index is -1.29. The molecule has 0 bridgehead atoms. The lowest BCUT2D eigenvalue weighted by Gasteiger charge is -2.15. The molecule has 0 fully saturated rings. The van der Waals surface area contributed by atoms with E-state index in [2.05, 4.69) is 0 Å². The van der Waals surface area contributed by atoms with Gasteiger partial charge in [-0.3, -0.25) is 10.1 Å². The molecule has 3 rings (SSSR count). The van der Waals surface area contributed by atoms with Gasteiger partial charge in [0.2, 0.25) is 6.54 Å². The van der Waals surface area contributed by atoms with Crippen molar-refractivity contribution in [2.45, 2.75) is 19.1 Å². The van der Waals surface area contributed by atoms with E-state index in [4.69, 9.17) is 18.9 Å². The van der Waals surface area contributed by atoms with Crippen molar-refractivity contribution < 1.29 is 28.8 Å². The number of nitro groups is 1. The fourth-order valence-electron chi connectivity index (χ4n) is 3.11. The summed E-state index contributed by atoms with van der Waals surface area (Å²) in [7, 11) is 0.202. The fraction of sp³-hybridized carbons (Fsp3) is 0.368. The molecule has 0 aliphatic carbocycles. The van der Waals surface area contributed by atoms with Gasteiger partial charge in [0.05, 0.1) is 26.9 Å². The summed E-state index contributed by atoms with van der Waals surface area (Å²) >= 11 is 0. The molecule has 148 valence electrons. The smallest absolute Gasteiger partial charge is 0.493 e. The van der Waals surface area contributed by atoms with E-state index in [9.17, 15) is 15.1 Å². The molecule has 0 spiro atoms. The van der Waals surface area contributed by atoms with Gasteiger partial charge in [-0.1, -0.05) is 36.4 Å². The molecule has 1 heterocycles. The highest BCUT2D eigenvalue weighted by Crippen LogP contribution is 2.34. The zero-order valence-corrected chi connectivity index (χ0v) is 15.6. The normalized spacial score (nSPS) is 15.4. The van der Waals surface area contributed by atoms with E-state index in [-0.39, 0.29) is 0 Å². The van der Waals surface area contributed by atoms with Gasteiger partial charge in [0, 0.05) is 16.8 Å². The van der Waals surface area contributed by atoms with Gasteiger partial charge >= 0.3 is 7.12 Å². The molecule has 1 aliphatic rings. The molecule has 1 aliphatic heterocycles. The molecule has 0 aromatic heterocycles. The summed E-state index contributed by atoms with van der Waals surface area (Å²) in [5.41, 5.74) is 2.03. The van der Waals surface area contributed by atoms with Crippen LogP contribution in [-0.2, 0) is 16.0 Å². The molecule has 0 saturated heterocycles. The van der Waals surface area contributed by atoms with Crippen molar-refractivity contribution in [3.8, 4) is 11.5 Å². The first kappa shape index (κ1) is 20.1. The quantitative estimate of drug-likeness (QED) is 0.287. The predicted molar refractivity (Wildman–Crippen MR) is 102 cm³/mol. The summed E-state index contributed by atoms with van der Waals surface area (Å²) in [5.74, 6) is 0.787. The molecule has 1 N–H and O–H groups in total. The molecule has 0 amide bonds. The maximum Gasteiger partial charge on any atom is 0.496 e. The van der Waals surface area contributed by atoms with Crippen LogP contribution in [0.4, 0.5) is 0 Å². The van der Waals surface area contributed by atoms with Crippen molar-refractivity contribution in [2.75, 3.05) is 26.9 Å². The second kappa shape index (κ2) is 9.54. The second-order valence-corrected chi connectivity index (χ2v) is 6.33. The number of hydrogen-bond donors (Lipinski definition) is 1. The molecule has 1 unspecified atom stereocenters. The maximum absolute atomic E-state index is 10.8. The van der Waals surface area contributed by atoms with Crippen LogP contribution in [0.3, 0.4) is 0 Å². The Bertz CT molecular complexity index is 802. The van der Waals surface area contributed by atoms with E-state index in [1.54, 1.807) is 12.1 Å². The van der Waals surface area contributed by atoms with Crippen molar-refractivity contribution in [1.82, 2.24) is 0 Å². The summed E-state index contributed by atoms with van der Waals surface area (Å²) in [5, 5.41) is 21.1. The van der Waals surface area contributed by atoms with E-state index >= 15 is 0 Å². The zero-order valence-electron chi connectivity index (χ0n) is 15.6. The van der Waals surface area contributed by atoms with Gasteiger partial charge in [-0.15, -0.1) is 0 Å². The minimum Gasteiger partial charge on any atom is -0.493 e. The Morgan fingerprint density at radius 2 is 2.00 bits per heavy atom. The summed E-state index contributed by atoms with van der Waals surface area (Å²) in [6.07, 6.45) is -0.183. The van der Waals surface area contributed by atoms with Crippen molar-refractivity contribution in [3.05, 3.63) is 63.7 Å². The van der Waals surface area contributed by atoms with Crippen LogP contribution in [0.15, 0.2) is 42.5 Å². The van der Waals surface area contributed by atoms with Gasteiger partial charge in [-0.25, -0.2) is 0 Å². The van der Waals surface area contributed by atoms with Gasteiger partial charge in [-0.05, 0) is 17.2 Å². The average molecular weight is 387 g/mol. The number of fused-ring (bicyclic) bond motifs is 1. The molecule has 8 nitrogen and oxygen atoms in total. The lowest BCUT2D eigenvalue weighted by Crippen LogP contribution is -2.30. The Kier molecular flexibility index (Phi) is 6.86. The molecular weight excluding hydrogens is 365 g/mol. The molecule has 28 heavy (non-hydrogen) atoms. The van der Waals surface area contributed by atoms with Crippen molar-refractivity contribution in [2.24, 2.45) is 0 Å². The summed E-state index contributed by atoms with van der Waals surface area (Å²) in [4.78, 5) is 10.4. The van der Waals surface area contributed by atoms with Gasteiger partial charge in [-0.2, -0.15) is 0 Å². The van der Waals surface area contributed by atoms with Crippen molar-refractivity contribution >= 4 is 12.6 Å². The van der Waals surface area contributed by atoms with Crippen LogP contribution in [0.5, 0.6) is 11.5 Å². The molecule has 2 aromatic carbocycles. The second-order valence-electron chi connectivity index (χ2n) is 6.33. The number of hydrogen-bond acceptors (Lipinski definition) is 7.